The zero-order valence-electron chi connectivity index (χ0n) is 8.62. The number of benzene rings is 1. The Hall–Kier alpha value is -0.393. The minimum atomic E-state index is -2.39. The fourth-order valence-electron chi connectivity index (χ4n) is 1.56. The predicted molar refractivity (Wildman–Crippen MR) is 76.8 cm³/mol. The van der Waals surface area contributed by atoms with Crippen LogP contribution in [0.5, 0.6) is 0 Å². The largest absolute Gasteiger partial charge is 0.427 e. The average molecular weight is 330 g/mol. The van der Waals surface area contributed by atoms with Crippen molar-refractivity contribution in [2.24, 2.45) is 0 Å². The van der Waals surface area contributed by atoms with Gasteiger partial charge in [-0.25, -0.2) is 0 Å². The van der Waals surface area contributed by atoms with E-state index >= 15 is 0 Å². The average Bonchev–Trinajstić information content (AvgIpc) is 2.19. The molecule has 0 aromatic heterocycles. The van der Waals surface area contributed by atoms with Gasteiger partial charge in [0.05, 0.1) is 0 Å². The van der Waals surface area contributed by atoms with Gasteiger partial charge in [0.1, 0.15) is 0 Å². The standard InChI is InChI=1S/C12H15IOSi/c1-3-9-15(14,10-4-2)12-7-5-11(13)6-8-12/h3-8,14H,1-2,9-10H2. The fourth-order valence-corrected chi connectivity index (χ4v) is 4.30. The number of hydrogen-bond acceptors (Lipinski definition) is 1. The summed E-state index contributed by atoms with van der Waals surface area (Å²) >= 11 is 2.26. The van der Waals surface area contributed by atoms with Gasteiger partial charge in [-0.05, 0) is 52.0 Å². The first kappa shape index (κ1) is 12.7. The van der Waals surface area contributed by atoms with Crippen LogP contribution in [0.2, 0.25) is 12.1 Å². The Morgan fingerprint density at radius 3 is 2.00 bits per heavy atom. The van der Waals surface area contributed by atoms with E-state index in [1.54, 1.807) is 12.2 Å². The van der Waals surface area contributed by atoms with Crippen molar-refractivity contribution in [2.75, 3.05) is 0 Å². The Morgan fingerprint density at radius 1 is 1.13 bits per heavy atom. The van der Waals surface area contributed by atoms with Crippen molar-refractivity contribution in [2.45, 2.75) is 12.1 Å². The molecule has 0 aliphatic heterocycles. The number of allylic oxidation sites excluding steroid dienone is 2. The Kier molecular flexibility index (Phi) is 4.75. The van der Waals surface area contributed by atoms with Gasteiger partial charge in [-0.1, -0.05) is 24.3 Å². The zero-order valence-corrected chi connectivity index (χ0v) is 11.8. The molecule has 1 aromatic rings. The highest BCUT2D eigenvalue weighted by molar-refractivity contribution is 14.1. The van der Waals surface area contributed by atoms with E-state index in [1.807, 2.05) is 24.3 Å². The van der Waals surface area contributed by atoms with Gasteiger partial charge >= 0.3 is 0 Å². The third-order valence-corrected chi connectivity index (χ3v) is 6.40. The van der Waals surface area contributed by atoms with Crippen molar-refractivity contribution >= 4 is 36.1 Å². The van der Waals surface area contributed by atoms with Crippen molar-refractivity contribution in [1.82, 2.24) is 0 Å². The molecule has 1 N–H and O–H groups in total. The molecule has 0 saturated heterocycles. The minimum Gasteiger partial charge on any atom is -0.427 e. The third-order valence-electron chi connectivity index (χ3n) is 2.35. The third kappa shape index (κ3) is 3.29. The molecular formula is C12H15IOSi. The van der Waals surface area contributed by atoms with Gasteiger partial charge in [-0.15, -0.1) is 13.2 Å². The van der Waals surface area contributed by atoms with Crippen molar-refractivity contribution in [3.63, 3.8) is 0 Å². The van der Waals surface area contributed by atoms with Gasteiger partial charge in [0.2, 0.25) is 8.32 Å². The molecule has 0 aliphatic rings. The second kappa shape index (κ2) is 5.63. The lowest BCUT2D eigenvalue weighted by Crippen LogP contribution is -2.47. The Labute approximate surface area is 106 Å². The molecule has 0 radical (unpaired) electrons. The van der Waals surface area contributed by atoms with Gasteiger partial charge in [-0.3, -0.25) is 0 Å². The van der Waals surface area contributed by atoms with E-state index in [0.717, 1.165) is 5.19 Å². The second-order valence-corrected chi connectivity index (χ2v) is 8.23. The van der Waals surface area contributed by atoms with Crippen LogP contribution < -0.4 is 5.19 Å². The topological polar surface area (TPSA) is 20.2 Å². The molecule has 80 valence electrons. The maximum absolute atomic E-state index is 10.6. The SMILES string of the molecule is C=CC[Si](O)(CC=C)c1ccc(I)cc1. The van der Waals surface area contributed by atoms with Crippen LogP contribution in [0.25, 0.3) is 0 Å². The van der Waals surface area contributed by atoms with Gasteiger partial charge < -0.3 is 4.80 Å². The number of hydrogen-bond donors (Lipinski definition) is 1. The molecule has 0 fully saturated rings. The first-order valence-corrected chi connectivity index (χ1v) is 8.26. The monoisotopic (exact) mass is 330 g/mol. The van der Waals surface area contributed by atoms with E-state index in [-0.39, 0.29) is 0 Å². The molecule has 0 atom stereocenters. The zero-order chi connectivity index (χ0) is 11.3. The fraction of sp³-hybridized carbons (Fsp3) is 0.167. The van der Waals surface area contributed by atoms with Crippen LogP contribution >= 0.6 is 22.6 Å². The lowest BCUT2D eigenvalue weighted by atomic mass is 10.4. The van der Waals surface area contributed by atoms with E-state index in [2.05, 4.69) is 35.7 Å². The highest BCUT2D eigenvalue weighted by Gasteiger charge is 2.30. The summed E-state index contributed by atoms with van der Waals surface area (Å²) in [5.41, 5.74) is 0. The maximum Gasteiger partial charge on any atom is 0.227 e. The summed E-state index contributed by atoms with van der Waals surface area (Å²) in [5.74, 6) is 0. The van der Waals surface area contributed by atoms with Crippen LogP contribution in [-0.2, 0) is 0 Å². The Morgan fingerprint density at radius 2 is 1.60 bits per heavy atom. The number of halogens is 1. The first-order chi connectivity index (χ1) is 7.12. The Balaban J connectivity index is 3.02. The molecule has 0 spiro atoms. The van der Waals surface area contributed by atoms with Gasteiger partial charge in [-0.2, -0.15) is 0 Å². The predicted octanol–water partition coefficient (Wildman–Crippen LogP) is 2.81. The summed E-state index contributed by atoms with van der Waals surface area (Å²) in [6, 6.07) is 9.45. The van der Waals surface area contributed by atoms with E-state index in [9.17, 15) is 4.80 Å². The molecule has 15 heavy (non-hydrogen) atoms. The van der Waals surface area contributed by atoms with Gasteiger partial charge in [0.15, 0.2) is 0 Å². The highest BCUT2D eigenvalue weighted by Crippen LogP contribution is 2.14. The van der Waals surface area contributed by atoms with Crippen molar-refractivity contribution in [3.05, 3.63) is 53.1 Å². The summed E-state index contributed by atoms with van der Waals surface area (Å²) in [6.07, 6.45) is 3.60. The van der Waals surface area contributed by atoms with Crippen LogP contribution in [-0.4, -0.2) is 13.1 Å². The van der Waals surface area contributed by atoms with E-state index < -0.39 is 8.32 Å². The molecule has 0 aliphatic carbocycles. The molecular weight excluding hydrogens is 315 g/mol. The molecule has 0 amide bonds. The molecule has 0 heterocycles. The Bertz CT molecular complexity index is 335. The highest BCUT2D eigenvalue weighted by atomic mass is 127. The lowest BCUT2D eigenvalue weighted by molar-refractivity contribution is 0.557. The van der Waals surface area contributed by atoms with Gasteiger partial charge in [0.25, 0.3) is 0 Å². The quantitative estimate of drug-likeness (QED) is 0.500. The first-order valence-electron chi connectivity index (χ1n) is 4.82. The van der Waals surface area contributed by atoms with Crippen LogP contribution in [0.3, 0.4) is 0 Å². The second-order valence-electron chi connectivity index (χ2n) is 3.52. The summed E-state index contributed by atoms with van der Waals surface area (Å²) in [7, 11) is -2.39. The molecule has 1 rings (SSSR count). The number of rotatable bonds is 5. The molecule has 1 aromatic carbocycles. The summed E-state index contributed by atoms with van der Waals surface area (Å²) in [6.45, 7) is 7.42. The van der Waals surface area contributed by atoms with E-state index in [1.165, 1.54) is 3.57 Å². The normalized spacial score (nSPS) is 11.1. The maximum atomic E-state index is 10.6. The van der Waals surface area contributed by atoms with Gasteiger partial charge in [0, 0.05) is 3.57 Å². The summed E-state index contributed by atoms with van der Waals surface area (Å²) in [4.78, 5) is 10.6. The summed E-state index contributed by atoms with van der Waals surface area (Å²) < 4.78 is 1.19. The van der Waals surface area contributed by atoms with E-state index in [0.29, 0.717) is 12.1 Å². The van der Waals surface area contributed by atoms with E-state index in [4.69, 9.17) is 0 Å². The minimum absolute atomic E-state index is 0.680. The summed E-state index contributed by atoms with van der Waals surface area (Å²) in [5, 5.41) is 1.06. The van der Waals surface area contributed by atoms with Crippen molar-refractivity contribution < 1.29 is 4.80 Å². The van der Waals surface area contributed by atoms with Crippen molar-refractivity contribution in [3.8, 4) is 0 Å². The molecule has 3 heteroatoms. The molecule has 1 nitrogen and oxygen atoms in total. The van der Waals surface area contributed by atoms with Crippen LogP contribution in [0.4, 0.5) is 0 Å². The molecule has 0 unspecified atom stereocenters. The van der Waals surface area contributed by atoms with Crippen LogP contribution in [0.15, 0.2) is 49.6 Å². The molecule has 0 bridgehead atoms. The van der Waals surface area contributed by atoms with Crippen LogP contribution in [0.1, 0.15) is 0 Å². The lowest BCUT2D eigenvalue weighted by Gasteiger charge is -2.22. The smallest absolute Gasteiger partial charge is 0.227 e. The molecule has 0 saturated carbocycles. The van der Waals surface area contributed by atoms with Crippen LogP contribution in [0, 0.1) is 3.57 Å². The van der Waals surface area contributed by atoms with Crippen molar-refractivity contribution in [1.29, 1.82) is 0 Å².